The first-order chi connectivity index (χ1) is 12.7. The Morgan fingerprint density at radius 2 is 1.85 bits per heavy atom. The molecular formula is C18H21F3N2O4. The van der Waals surface area contributed by atoms with Crippen LogP contribution in [0, 0.1) is 0 Å². The van der Waals surface area contributed by atoms with Gasteiger partial charge in [-0.25, -0.2) is 9.59 Å². The van der Waals surface area contributed by atoms with E-state index in [1.807, 2.05) is 0 Å². The number of alkyl halides is 3. The van der Waals surface area contributed by atoms with Crippen molar-refractivity contribution in [2.45, 2.75) is 26.1 Å². The first kappa shape index (κ1) is 20.8. The van der Waals surface area contributed by atoms with Crippen LogP contribution < -0.4 is 5.32 Å². The minimum atomic E-state index is -4.47. The number of hydrogen-bond acceptors (Lipinski definition) is 4. The molecule has 148 valence electrons. The van der Waals surface area contributed by atoms with Crippen molar-refractivity contribution in [1.82, 2.24) is 10.2 Å². The highest BCUT2D eigenvalue weighted by Crippen LogP contribution is 2.33. The lowest BCUT2D eigenvalue weighted by atomic mass is 9.94. The summed E-state index contributed by atoms with van der Waals surface area (Å²) in [6.45, 7) is 4.12. The van der Waals surface area contributed by atoms with Crippen LogP contribution in [0.3, 0.4) is 0 Å². The SMILES string of the molecule is CCOCCOC(=O)C1=C(C)N(C)C(=O)N[C@@H]1c1ccc(C(F)(F)F)cc1. The van der Waals surface area contributed by atoms with Crippen LogP contribution in [0.4, 0.5) is 18.0 Å². The standard InChI is InChI=1S/C18H21F3N2O4/c1-4-26-9-10-27-16(24)14-11(2)23(3)17(25)22-15(14)12-5-7-13(8-6-12)18(19,20)21/h5-8,15H,4,9-10H2,1-3H3,(H,22,25)/t15-/m1/s1. The Morgan fingerprint density at radius 3 is 2.41 bits per heavy atom. The van der Waals surface area contributed by atoms with Gasteiger partial charge in [0.2, 0.25) is 0 Å². The van der Waals surface area contributed by atoms with Gasteiger partial charge in [-0.15, -0.1) is 0 Å². The maximum atomic E-state index is 12.8. The van der Waals surface area contributed by atoms with Crippen LogP contribution in [0.25, 0.3) is 0 Å². The lowest BCUT2D eigenvalue weighted by Gasteiger charge is -2.33. The predicted molar refractivity (Wildman–Crippen MR) is 90.6 cm³/mol. The van der Waals surface area contributed by atoms with Gasteiger partial charge in [-0.05, 0) is 31.5 Å². The maximum absolute atomic E-state index is 12.8. The minimum Gasteiger partial charge on any atom is -0.460 e. The number of esters is 1. The second-order valence-corrected chi connectivity index (χ2v) is 5.89. The smallest absolute Gasteiger partial charge is 0.416 e. The molecule has 1 aromatic rings. The maximum Gasteiger partial charge on any atom is 0.416 e. The molecule has 0 saturated heterocycles. The molecule has 1 aromatic carbocycles. The monoisotopic (exact) mass is 386 g/mol. The van der Waals surface area contributed by atoms with Crippen molar-refractivity contribution in [3.05, 3.63) is 46.7 Å². The summed E-state index contributed by atoms with van der Waals surface area (Å²) in [5.41, 5.74) is 0.0611. The molecule has 0 radical (unpaired) electrons. The molecule has 1 heterocycles. The third kappa shape index (κ3) is 4.79. The second-order valence-electron chi connectivity index (χ2n) is 5.89. The summed E-state index contributed by atoms with van der Waals surface area (Å²) in [5.74, 6) is -0.663. The van der Waals surface area contributed by atoms with Gasteiger partial charge < -0.3 is 19.7 Å². The molecule has 0 saturated carbocycles. The van der Waals surface area contributed by atoms with E-state index >= 15 is 0 Å². The van der Waals surface area contributed by atoms with Crippen molar-refractivity contribution >= 4 is 12.0 Å². The summed E-state index contributed by atoms with van der Waals surface area (Å²) in [6.07, 6.45) is -4.47. The minimum absolute atomic E-state index is 0.0286. The number of nitrogens with zero attached hydrogens (tertiary/aromatic N) is 1. The Morgan fingerprint density at radius 1 is 1.22 bits per heavy atom. The summed E-state index contributed by atoms with van der Waals surface area (Å²) < 4.78 is 48.6. The van der Waals surface area contributed by atoms with Crippen LogP contribution in [0.2, 0.25) is 0 Å². The predicted octanol–water partition coefficient (Wildman–Crippen LogP) is 3.26. The Bertz CT molecular complexity index is 729. The zero-order valence-corrected chi connectivity index (χ0v) is 15.2. The number of nitrogens with one attached hydrogen (secondary N) is 1. The van der Waals surface area contributed by atoms with Crippen molar-refractivity contribution in [2.24, 2.45) is 0 Å². The van der Waals surface area contributed by atoms with Crippen molar-refractivity contribution < 1.29 is 32.2 Å². The Hall–Kier alpha value is -2.55. The van der Waals surface area contributed by atoms with E-state index in [0.29, 0.717) is 17.9 Å². The molecule has 0 aliphatic carbocycles. The molecule has 2 rings (SSSR count). The molecular weight excluding hydrogens is 365 g/mol. The van der Waals surface area contributed by atoms with Crippen molar-refractivity contribution in [3.63, 3.8) is 0 Å². The average molecular weight is 386 g/mol. The van der Waals surface area contributed by atoms with E-state index in [0.717, 1.165) is 12.1 Å². The number of allylic oxidation sites excluding steroid dienone is 1. The molecule has 2 amide bonds. The third-order valence-electron chi connectivity index (χ3n) is 4.21. The molecule has 27 heavy (non-hydrogen) atoms. The summed E-state index contributed by atoms with van der Waals surface area (Å²) in [6, 6.07) is 2.92. The zero-order chi connectivity index (χ0) is 20.2. The number of carbonyl (C=O) groups is 2. The fourth-order valence-electron chi connectivity index (χ4n) is 2.63. The van der Waals surface area contributed by atoms with Gasteiger partial charge in [0.15, 0.2) is 0 Å². The molecule has 1 N–H and O–H groups in total. The molecule has 1 aliphatic heterocycles. The average Bonchev–Trinajstić information content (AvgIpc) is 2.62. The van der Waals surface area contributed by atoms with Crippen molar-refractivity contribution in [2.75, 3.05) is 26.9 Å². The molecule has 6 nitrogen and oxygen atoms in total. The van der Waals surface area contributed by atoms with Crippen LogP contribution in [0.5, 0.6) is 0 Å². The number of amides is 2. The van der Waals surface area contributed by atoms with E-state index in [1.165, 1.54) is 24.1 Å². The highest BCUT2D eigenvalue weighted by molar-refractivity contribution is 5.95. The number of hydrogen-bond donors (Lipinski definition) is 1. The van der Waals surface area contributed by atoms with E-state index in [2.05, 4.69) is 5.32 Å². The van der Waals surface area contributed by atoms with Crippen molar-refractivity contribution in [1.29, 1.82) is 0 Å². The summed E-state index contributed by atoms with van der Waals surface area (Å²) in [7, 11) is 1.49. The van der Waals surface area contributed by atoms with Gasteiger partial charge in [-0.1, -0.05) is 12.1 Å². The molecule has 1 atom stereocenters. The number of benzene rings is 1. The highest BCUT2D eigenvalue weighted by atomic mass is 19.4. The van der Waals surface area contributed by atoms with E-state index < -0.39 is 29.8 Å². The number of ether oxygens (including phenoxy) is 2. The van der Waals surface area contributed by atoms with Crippen LogP contribution in [-0.4, -0.2) is 43.8 Å². The van der Waals surface area contributed by atoms with E-state index in [1.54, 1.807) is 13.8 Å². The molecule has 0 spiro atoms. The van der Waals surface area contributed by atoms with Crippen LogP contribution >= 0.6 is 0 Å². The van der Waals surface area contributed by atoms with Crippen LogP contribution in [-0.2, 0) is 20.4 Å². The quantitative estimate of drug-likeness (QED) is 0.602. The Balaban J connectivity index is 2.31. The Kier molecular flexibility index (Phi) is 6.48. The normalized spacial score (nSPS) is 17.8. The van der Waals surface area contributed by atoms with Gasteiger partial charge in [-0.2, -0.15) is 13.2 Å². The van der Waals surface area contributed by atoms with Crippen LogP contribution in [0.15, 0.2) is 35.5 Å². The van der Waals surface area contributed by atoms with Crippen LogP contribution in [0.1, 0.15) is 31.0 Å². The van der Waals surface area contributed by atoms with E-state index in [9.17, 15) is 22.8 Å². The molecule has 1 aliphatic rings. The molecule has 0 bridgehead atoms. The largest absolute Gasteiger partial charge is 0.460 e. The lowest BCUT2D eigenvalue weighted by molar-refractivity contribution is -0.141. The molecule has 0 unspecified atom stereocenters. The number of urea groups is 1. The molecule has 9 heteroatoms. The molecule has 0 aromatic heterocycles. The summed E-state index contributed by atoms with van der Waals surface area (Å²) in [5, 5.41) is 2.62. The summed E-state index contributed by atoms with van der Waals surface area (Å²) in [4.78, 5) is 25.9. The lowest BCUT2D eigenvalue weighted by Crippen LogP contribution is -2.46. The van der Waals surface area contributed by atoms with Crippen molar-refractivity contribution in [3.8, 4) is 0 Å². The van der Waals surface area contributed by atoms with Gasteiger partial charge >= 0.3 is 18.2 Å². The third-order valence-corrected chi connectivity index (χ3v) is 4.21. The zero-order valence-electron chi connectivity index (χ0n) is 15.2. The van der Waals surface area contributed by atoms with E-state index in [-0.39, 0.29) is 18.8 Å². The molecule has 0 fully saturated rings. The van der Waals surface area contributed by atoms with Gasteiger partial charge in [0, 0.05) is 19.4 Å². The second kappa shape index (κ2) is 8.43. The number of rotatable bonds is 6. The summed E-state index contributed by atoms with van der Waals surface area (Å²) >= 11 is 0. The first-order valence-corrected chi connectivity index (χ1v) is 8.33. The highest BCUT2D eigenvalue weighted by Gasteiger charge is 2.36. The fourth-order valence-corrected chi connectivity index (χ4v) is 2.63. The van der Waals surface area contributed by atoms with Gasteiger partial charge in [0.25, 0.3) is 0 Å². The number of halogens is 3. The topological polar surface area (TPSA) is 67.9 Å². The van der Waals surface area contributed by atoms with Gasteiger partial charge in [0.05, 0.1) is 23.8 Å². The first-order valence-electron chi connectivity index (χ1n) is 8.33. The fraction of sp³-hybridized carbons (Fsp3) is 0.444. The van der Waals surface area contributed by atoms with E-state index in [4.69, 9.17) is 9.47 Å². The van der Waals surface area contributed by atoms with Gasteiger partial charge in [-0.3, -0.25) is 0 Å². The number of carbonyl (C=O) groups excluding carboxylic acids is 2. The Labute approximate surface area is 154 Å². The van der Waals surface area contributed by atoms with Gasteiger partial charge in [0.1, 0.15) is 6.61 Å².